The molecular weight excluding hydrogens is 468 g/mol. The standard InChI is InChI=1S/C30H34N2O5/c1-18-13-21(30(4,5)29(34)35)15-22(14-18)31-28(33)24-11-12-26(20(3)19(24)2)36-17-23-16-32(6)25-9-7-8-10-27(25)37-23/h7-15,23H,16-17H2,1-6H3,(H,31,33)(H,34,35)/t23-/m0/s1. The van der Waals surface area contributed by atoms with Crippen LogP contribution in [0.25, 0.3) is 0 Å². The molecule has 0 radical (unpaired) electrons. The zero-order valence-corrected chi connectivity index (χ0v) is 22.2. The molecule has 0 saturated carbocycles. The minimum Gasteiger partial charge on any atom is -0.489 e. The van der Waals surface area contributed by atoms with Crippen LogP contribution in [0.2, 0.25) is 0 Å². The lowest BCUT2D eigenvalue weighted by Crippen LogP contribution is -2.41. The van der Waals surface area contributed by atoms with Crippen molar-refractivity contribution in [1.29, 1.82) is 0 Å². The van der Waals surface area contributed by atoms with E-state index < -0.39 is 11.4 Å². The molecule has 0 aromatic heterocycles. The van der Waals surface area contributed by atoms with Crippen LogP contribution in [0.1, 0.15) is 46.5 Å². The lowest BCUT2D eigenvalue weighted by Gasteiger charge is -2.33. The summed E-state index contributed by atoms with van der Waals surface area (Å²) in [5, 5.41) is 12.5. The number of hydrogen-bond donors (Lipinski definition) is 2. The average Bonchev–Trinajstić information content (AvgIpc) is 2.84. The highest BCUT2D eigenvalue weighted by molar-refractivity contribution is 6.05. The zero-order chi connectivity index (χ0) is 26.9. The second kappa shape index (κ2) is 10.2. The van der Waals surface area contributed by atoms with Crippen LogP contribution in [0, 0.1) is 20.8 Å². The number of nitrogens with zero attached hydrogens (tertiary/aromatic N) is 1. The zero-order valence-electron chi connectivity index (χ0n) is 22.2. The third-order valence-corrected chi connectivity index (χ3v) is 7.05. The van der Waals surface area contributed by atoms with Gasteiger partial charge in [0.05, 0.1) is 17.6 Å². The van der Waals surface area contributed by atoms with Gasteiger partial charge in [0.25, 0.3) is 5.91 Å². The molecule has 0 fully saturated rings. The van der Waals surface area contributed by atoms with Crippen molar-refractivity contribution in [1.82, 2.24) is 0 Å². The van der Waals surface area contributed by atoms with Crippen LogP contribution < -0.4 is 19.7 Å². The summed E-state index contributed by atoms with van der Waals surface area (Å²) in [6.45, 7) is 10.1. The second-order valence-electron chi connectivity index (χ2n) is 10.2. The molecule has 1 heterocycles. The van der Waals surface area contributed by atoms with Crippen molar-refractivity contribution in [2.24, 2.45) is 0 Å². The number of hydrogen-bond acceptors (Lipinski definition) is 5. The van der Waals surface area contributed by atoms with Crippen molar-refractivity contribution < 1.29 is 24.2 Å². The lowest BCUT2D eigenvalue weighted by molar-refractivity contribution is -0.142. The van der Waals surface area contributed by atoms with Crippen LogP contribution in [-0.2, 0) is 10.2 Å². The molecule has 1 aliphatic heterocycles. The Morgan fingerprint density at radius 1 is 1.08 bits per heavy atom. The number of aliphatic carboxylic acids is 1. The first-order valence-corrected chi connectivity index (χ1v) is 12.3. The molecule has 7 heteroatoms. The second-order valence-corrected chi connectivity index (χ2v) is 10.2. The molecule has 4 rings (SSSR count). The van der Waals surface area contributed by atoms with Crippen LogP contribution in [0.4, 0.5) is 11.4 Å². The molecule has 0 bridgehead atoms. The van der Waals surface area contributed by atoms with E-state index in [0.29, 0.717) is 35.7 Å². The van der Waals surface area contributed by atoms with Crippen molar-refractivity contribution in [3.05, 3.63) is 82.4 Å². The molecule has 0 aliphatic carbocycles. The van der Waals surface area contributed by atoms with Crippen molar-refractivity contribution in [2.75, 3.05) is 30.4 Å². The first kappa shape index (κ1) is 26.1. The van der Waals surface area contributed by atoms with Gasteiger partial charge in [-0.25, -0.2) is 0 Å². The molecule has 3 aromatic rings. The Morgan fingerprint density at radius 3 is 2.54 bits per heavy atom. The van der Waals surface area contributed by atoms with Gasteiger partial charge in [-0.05, 0) is 93.3 Å². The number of nitrogens with one attached hydrogen (secondary N) is 1. The van der Waals surface area contributed by atoms with E-state index in [-0.39, 0.29) is 12.0 Å². The SMILES string of the molecule is Cc1cc(NC(=O)c2ccc(OC[C@@H]3CN(C)c4ccccc4O3)c(C)c2C)cc(C(C)(C)C(=O)O)c1. The molecule has 0 unspecified atom stereocenters. The number of likely N-dealkylation sites (N-methyl/N-ethyl adjacent to an activating group) is 1. The number of carbonyl (C=O) groups excluding carboxylic acids is 1. The van der Waals surface area contributed by atoms with Gasteiger partial charge >= 0.3 is 5.97 Å². The van der Waals surface area contributed by atoms with Crippen molar-refractivity contribution in [3.63, 3.8) is 0 Å². The minimum absolute atomic E-state index is 0.117. The molecule has 0 saturated heterocycles. The molecule has 0 spiro atoms. The van der Waals surface area contributed by atoms with Gasteiger partial charge in [-0.1, -0.05) is 18.2 Å². The summed E-state index contributed by atoms with van der Waals surface area (Å²) in [4.78, 5) is 27.0. The maximum Gasteiger partial charge on any atom is 0.313 e. The Kier molecular flexibility index (Phi) is 7.16. The Morgan fingerprint density at radius 2 is 1.81 bits per heavy atom. The summed E-state index contributed by atoms with van der Waals surface area (Å²) in [7, 11) is 2.04. The van der Waals surface area contributed by atoms with Crippen LogP contribution in [-0.4, -0.2) is 43.3 Å². The summed E-state index contributed by atoms with van der Waals surface area (Å²) >= 11 is 0. The highest BCUT2D eigenvalue weighted by Gasteiger charge is 2.30. The molecule has 7 nitrogen and oxygen atoms in total. The van der Waals surface area contributed by atoms with Gasteiger partial charge in [0.1, 0.15) is 24.2 Å². The van der Waals surface area contributed by atoms with E-state index in [1.807, 2.05) is 70.3 Å². The van der Waals surface area contributed by atoms with Gasteiger partial charge in [0, 0.05) is 18.3 Å². The quantitative estimate of drug-likeness (QED) is 0.443. The number of aryl methyl sites for hydroxylation is 1. The van der Waals surface area contributed by atoms with E-state index >= 15 is 0 Å². The van der Waals surface area contributed by atoms with Crippen molar-refractivity contribution in [2.45, 2.75) is 46.1 Å². The predicted molar refractivity (Wildman–Crippen MR) is 145 cm³/mol. The Labute approximate surface area is 218 Å². The first-order valence-electron chi connectivity index (χ1n) is 12.3. The fraction of sp³-hybridized carbons (Fsp3) is 0.333. The third-order valence-electron chi connectivity index (χ3n) is 7.05. The van der Waals surface area contributed by atoms with Gasteiger partial charge in [-0.2, -0.15) is 0 Å². The number of carboxylic acids is 1. The van der Waals surface area contributed by atoms with Gasteiger partial charge in [0.2, 0.25) is 0 Å². The number of fused-ring (bicyclic) bond motifs is 1. The number of amides is 1. The maximum atomic E-state index is 13.2. The summed E-state index contributed by atoms with van der Waals surface area (Å²) in [5.41, 5.74) is 4.29. The summed E-state index contributed by atoms with van der Waals surface area (Å²) in [5.74, 6) is 0.369. The van der Waals surface area contributed by atoms with Gasteiger partial charge < -0.3 is 24.8 Å². The van der Waals surface area contributed by atoms with Crippen LogP contribution in [0.15, 0.2) is 54.6 Å². The minimum atomic E-state index is -1.07. The summed E-state index contributed by atoms with van der Waals surface area (Å²) in [6, 6.07) is 16.9. The fourth-order valence-electron chi connectivity index (χ4n) is 4.50. The third kappa shape index (κ3) is 5.40. The van der Waals surface area contributed by atoms with Gasteiger partial charge in [-0.15, -0.1) is 0 Å². The van der Waals surface area contributed by atoms with E-state index in [0.717, 1.165) is 28.1 Å². The number of carbonyl (C=O) groups is 2. The maximum absolute atomic E-state index is 13.2. The first-order chi connectivity index (χ1) is 17.5. The Balaban J connectivity index is 1.47. The van der Waals surface area contributed by atoms with Gasteiger partial charge in [0.15, 0.2) is 0 Å². The number of rotatable bonds is 7. The fourth-order valence-corrected chi connectivity index (χ4v) is 4.50. The number of carboxylic acid groups (broad SMARTS) is 1. The van der Waals surface area contributed by atoms with Crippen molar-refractivity contribution >= 4 is 23.3 Å². The number of ether oxygens (including phenoxy) is 2. The van der Waals surface area contributed by atoms with E-state index in [4.69, 9.17) is 9.47 Å². The molecule has 37 heavy (non-hydrogen) atoms. The average molecular weight is 503 g/mol. The van der Waals surface area contributed by atoms with E-state index in [9.17, 15) is 14.7 Å². The van der Waals surface area contributed by atoms with Crippen LogP contribution in [0.5, 0.6) is 11.5 Å². The largest absolute Gasteiger partial charge is 0.489 e. The van der Waals surface area contributed by atoms with E-state index in [1.165, 1.54) is 0 Å². The van der Waals surface area contributed by atoms with Gasteiger partial charge in [-0.3, -0.25) is 9.59 Å². The van der Waals surface area contributed by atoms with E-state index in [1.54, 1.807) is 26.0 Å². The van der Waals surface area contributed by atoms with Crippen LogP contribution >= 0.6 is 0 Å². The Hall–Kier alpha value is -4.00. The van der Waals surface area contributed by atoms with Crippen molar-refractivity contribution in [3.8, 4) is 11.5 Å². The lowest BCUT2D eigenvalue weighted by atomic mass is 9.84. The van der Waals surface area contributed by atoms with Crippen LogP contribution in [0.3, 0.4) is 0 Å². The highest BCUT2D eigenvalue weighted by Crippen LogP contribution is 2.33. The summed E-state index contributed by atoms with van der Waals surface area (Å²) < 4.78 is 12.2. The molecule has 194 valence electrons. The molecule has 1 atom stereocenters. The smallest absolute Gasteiger partial charge is 0.313 e. The predicted octanol–water partition coefficient (Wildman–Crippen LogP) is 5.50. The Bertz CT molecular complexity index is 1350. The molecule has 1 aliphatic rings. The number of anilines is 2. The van der Waals surface area contributed by atoms with E-state index in [2.05, 4.69) is 10.2 Å². The molecule has 2 N–H and O–H groups in total. The number of benzene rings is 3. The topological polar surface area (TPSA) is 88.1 Å². The molecular formula is C30H34N2O5. The number of para-hydroxylation sites is 2. The summed E-state index contributed by atoms with van der Waals surface area (Å²) in [6.07, 6.45) is -0.117. The highest BCUT2D eigenvalue weighted by atomic mass is 16.5. The monoisotopic (exact) mass is 502 g/mol. The normalized spacial score (nSPS) is 15.0. The molecule has 3 aromatic carbocycles. The molecule has 1 amide bonds.